The van der Waals surface area contributed by atoms with Crippen LogP contribution in [-0.4, -0.2) is 23.3 Å². The fraction of sp³-hybridized carbons (Fsp3) is 0.308. The van der Waals surface area contributed by atoms with Gasteiger partial charge in [0.05, 0.1) is 11.2 Å². The second-order valence-corrected chi connectivity index (χ2v) is 5.06. The Morgan fingerprint density at radius 3 is 2.45 bits per heavy atom. The van der Waals surface area contributed by atoms with Crippen molar-refractivity contribution in [3.63, 3.8) is 0 Å². The standard InChI is InChI=1S/C13H13F3N2OS/c1-18(7-11-8-20-9-17-11)6-10-2-4-12(5-3-10)19-13(14,15)16/h2-5,8-9H,6-7H2,1H3. The molecule has 0 aliphatic heterocycles. The first-order valence-corrected chi connectivity index (χ1v) is 6.77. The molecule has 1 aromatic heterocycles. The van der Waals surface area contributed by atoms with E-state index in [0.29, 0.717) is 13.1 Å². The average molecular weight is 302 g/mol. The van der Waals surface area contributed by atoms with Crippen LogP contribution in [0.1, 0.15) is 11.3 Å². The molecule has 3 nitrogen and oxygen atoms in total. The van der Waals surface area contributed by atoms with Crippen molar-refractivity contribution < 1.29 is 17.9 Å². The van der Waals surface area contributed by atoms with E-state index in [1.54, 1.807) is 17.6 Å². The fourth-order valence-corrected chi connectivity index (χ4v) is 2.31. The maximum absolute atomic E-state index is 12.0. The Morgan fingerprint density at radius 2 is 1.90 bits per heavy atom. The second-order valence-electron chi connectivity index (χ2n) is 4.34. The van der Waals surface area contributed by atoms with Gasteiger partial charge < -0.3 is 4.74 Å². The van der Waals surface area contributed by atoms with E-state index in [9.17, 15) is 13.2 Å². The van der Waals surface area contributed by atoms with E-state index in [4.69, 9.17) is 0 Å². The number of alkyl halides is 3. The summed E-state index contributed by atoms with van der Waals surface area (Å²) in [6.45, 7) is 1.33. The summed E-state index contributed by atoms with van der Waals surface area (Å²) in [6.07, 6.45) is -4.65. The van der Waals surface area contributed by atoms with Crippen molar-refractivity contribution in [2.45, 2.75) is 19.5 Å². The summed E-state index contributed by atoms with van der Waals surface area (Å²) < 4.78 is 39.9. The minimum atomic E-state index is -4.65. The van der Waals surface area contributed by atoms with Gasteiger partial charge in [0.15, 0.2) is 0 Å². The van der Waals surface area contributed by atoms with E-state index in [-0.39, 0.29) is 5.75 Å². The first-order valence-electron chi connectivity index (χ1n) is 5.83. The SMILES string of the molecule is CN(Cc1ccc(OC(F)(F)F)cc1)Cc1cscn1. The number of benzene rings is 1. The van der Waals surface area contributed by atoms with Gasteiger partial charge in [-0.1, -0.05) is 12.1 Å². The lowest BCUT2D eigenvalue weighted by molar-refractivity contribution is -0.274. The van der Waals surface area contributed by atoms with Gasteiger partial charge in [-0.3, -0.25) is 4.90 Å². The highest BCUT2D eigenvalue weighted by Gasteiger charge is 2.30. The van der Waals surface area contributed by atoms with Gasteiger partial charge in [-0.05, 0) is 24.7 Å². The normalized spacial score (nSPS) is 11.8. The van der Waals surface area contributed by atoms with Crippen molar-refractivity contribution in [2.24, 2.45) is 0 Å². The summed E-state index contributed by atoms with van der Waals surface area (Å²) >= 11 is 1.53. The number of hydrogen-bond donors (Lipinski definition) is 0. The van der Waals surface area contributed by atoms with Gasteiger partial charge in [0.1, 0.15) is 5.75 Å². The Morgan fingerprint density at radius 1 is 1.20 bits per heavy atom. The Labute approximate surface area is 118 Å². The van der Waals surface area contributed by atoms with Crippen LogP contribution in [0.2, 0.25) is 0 Å². The van der Waals surface area contributed by atoms with Crippen LogP contribution in [0.5, 0.6) is 5.75 Å². The van der Waals surface area contributed by atoms with Crippen molar-refractivity contribution in [2.75, 3.05) is 7.05 Å². The molecule has 0 aliphatic rings. The molecule has 0 bridgehead atoms. The van der Waals surface area contributed by atoms with E-state index in [1.165, 1.54) is 23.5 Å². The highest BCUT2D eigenvalue weighted by Crippen LogP contribution is 2.23. The third-order valence-corrected chi connectivity index (χ3v) is 3.16. The van der Waals surface area contributed by atoms with Crippen molar-refractivity contribution in [1.29, 1.82) is 0 Å². The summed E-state index contributed by atoms with van der Waals surface area (Å²) in [5, 5.41) is 1.97. The molecule has 0 N–H and O–H groups in total. The number of rotatable bonds is 5. The molecule has 0 fully saturated rings. The summed E-state index contributed by atoms with van der Waals surface area (Å²) in [6, 6.07) is 5.89. The lowest BCUT2D eigenvalue weighted by Crippen LogP contribution is -2.18. The van der Waals surface area contributed by atoms with E-state index < -0.39 is 6.36 Å². The van der Waals surface area contributed by atoms with Gasteiger partial charge in [-0.15, -0.1) is 24.5 Å². The molecule has 0 unspecified atom stereocenters. The molecule has 0 radical (unpaired) electrons. The molecule has 0 amide bonds. The van der Waals surface area contributed by atoms with Gasteiger partial charge in [-0.2, -0.15) is 0 Å². The Kier molecular flexibility index (Phi) is 4.61. The first-order chi connectivity index (χ1) is 9.42. The molecular formula is C13H13F3N2OS. The number of thiazole rings is 1. The molecule has 0 atom stereocenters. The van der Waals surface area contributed by atoms with Gasteiger partial charge >= 0.3 is 6.36 Å². The quantitative estimate of drug-likeness (QED) is 0.842. The van der Waals surface area contributed by atoms with Crippen LogP contribution >= 0.6 is 11.3 Å². The second kappa shape index (κ2) is 6.23. The molecule has 20 heavy (non-hydrogen) atoms. The smallest absolute Gasteiger partial charge is 0.406 e. The third kappa shape index (κ3) is 4.82. The molecule has 0 aliphatic carbocycles. The maximum Gasteiger partial charge on any atom is 0.573 e. The fourth-order valence-electron chi connectivity index (χ4n) is 1.76. The topological polar surface area (TPSA) is 25.4 Å². The largest absolute Gasteiger partial charge is 0.573 e. The van der Waals surface area contributed by atoms with Crippen molar-refractivity contribution in [3.8, 4) is 5.75 Å². The van der Waals surface area contributed by atoms with Crippen molar-refractivity contribution >= 4 is 11.3 Å². The molecule has 7 heteroatoms. The monoisotopic (exact) mass is 302 g/mol. The molecule has 1 aromatic carbocycles. The minimum absolute atomic E-state index is 0.205. The first kappa shape index (κ1) is 14.8. The number of ether oxygens (including phenoxy) is 1. The Hall–Kier alpha value is -1.60. The van der Waals surface area contributed by atoms with Crippen LogP contribution in [0.4, 0.5) is 13.2 Å². The number of nitrogens with zero attached hydrogens (tertiary/aromatic N) is 2. The van der Waals surface area contributed by atoms with Gasteiger partial charge in [-0.25, -0.2) is 4.98 Å². The van der Waals surface area contributed by atoms with Gasteiger partial charge in [0, 0.05) is 18.5 Å². The van der Waals surface area contributed by atoms with Crippen LogP contribution < -0.4 is 4.74 Å². The number of aromatic nitrogens is 1. The zero-order chi connectivity index (χ0) is 14.6. The summed E-state index contributed by atoms with van der Waals surface area (Å²) in [7, 11) is 1.93. The molecule has 2 aromatic rings. The van der Waals surface area contributed by atoms with Crippen LogP contribution in [-0.2, 0) is 13.1 Å². The summed E-state index contributed by atoms with van der Waals surface area (Å²) in [5.41, 5.74) is 3.67. The molecule has 0 saturated carbocycles. The van der Waals surface area contributed by atoms with E-state index in [0.717, 1.165) is 11.3 Å². The molecule has 2 rings (SSSR count). The van der Waals surface area contributed by atoms with Crippen molar-refractivity contribution in [1.82, 2.24) is 9.88 Å². The average Bonchev–Trinajstić information content (AvgIpc) is 2.82. The summed E-state index contributed by atoms with van der Waals surface area (Å²) in [4.78, 5) is 6.22. The van der Waals surface area contributed by atoms with E-state index in [2.05, 4.69) is 9.72 Å². The van der Waals surface area contributed by atoms with Crippen LogP contribution in [0, 0.1) is 0 Å². The van der Waals surface area contributed by atoms with E-state index >= 15 is 0 Å². The Bertz CT molecular complexity index is 526. The number of hydrogen-bond acceptors (Lipinski definition) is 4. The molecular weight excluding hydrogens is 289 g/mol. The van der Waals surface area contributed by atoms with Crippen molar-refractivity contribution in [3.05, 3.63) is 46.4 Å². The lowest BCUT2D eigenvalue weighted by Gasteiger charge is -2.16. The molecule has 0 saturated heterocycles. The third-order valence-electron chi connectivity index (χ3n) is 2.52. The van der Waals surface area contributed by atoms with Crippen LogP contribution in [0.25, 0.3) is 0 Å². The molecule has 1 heterocycles. The van der Waals surface area contributed by atoms with Crippen LogP contribution in [0.3, 0.4) is 0 Å². The zero-order valence-electron chi connectivity index (χ0n) is 10.7. The number of halogens is 3. The van der Waals surface area contributed by atoms with Crippen LogP contribution in [0.15, 0.2) is 35.2 Å². The minimum Gasteiger partial charge on any atom is -0.406 e. The van der Waals surface area contributed by atoms with Gasteiger partial charge in [0.2, 0.25) is 0 Å². The maximum atomic E-state index is 12.0. The lowest BCUT2D eigenvalue weighted by atomic mass is 10.2. The highest BCUT2D eigenvalue weighted by molar-refractivity contribution is 7.07. The zero-order valence-corrected chi connectivity index (χ0v) is 11.5. The summed E-state index contributed by atoms with van der Waals surface area (Å²) in [5.74, 6) is -0.205. The molecule has 0 spiro atoms. The predicted molar refractivity (Wildman–Crippen MR) is 70.4 cm³/mol. The van der Waals surface area contributed by atoms with E-state index in [1.807, 2.05) is 17.3 Å². The van der Waals surface area contributed by atoms with Gasteiger partial charge in [0.25, 0.3) is 0 Å². The molecule has 108 valence electrons. The predicted octanol–water partition coefficient (Wildman–Crippen LogP) is 3.67. The highest BCUT2D eigenvalue weighted by atomic mass is 32.1. The Balaban J connectivity index is 1.90.